The number of hydrogen-bond acceptors (Lipinski definition) is 9. The highest BCUT2D eigenvalue weighted by atomic mass is 79.9. The number of nitrogens with zero attached hydrogens (tertiary/aromatic N) is 7. The van der Waals surface area contributed by atoms with E-state index in [0.29, 0.717) is 33.8 Å². The number of aromatic nitrogens is 5. The van der Waals surface area contributed by atoms with Gasteiger partial charge in [-0.25, -0.2) is 28.8 Å². The summed E-state index contributed by atoms with van der Waals surface area (Å²) in [5.74, 6) is -0.0226. The minimum absolute atomic E-state index is 0.0550. The summed E-state index contributed by atoms with van der Waals surface area (Å²) in [6, 6.07) is 10.8. The van der Waals surface area contributed by atoms with E-state index in [2.05, 4.69) is 61.1 Å². The predicted octanol–water partition coefficient (Wildman–Crippen LogP) is 4.96. The molecule has 4 rings (SSSR count). The van der Waals surface area contributed by atoms with Gasteiger partial charge in [-0.3, -0.25) is 0 Å². The van der Waals surface area contributed by atoms with Crippen molar-refractivity contribution in [3.63, 3.8) is 0 Å². The third-order valence-corrected chi connectivity index (χ3v) is 7.52. The molecule has 14 heteroatoms. The Bertz CT molecular complexity index is 1550. The molecule has 0 aliphatic heterocycles. The molecular formula is C26H27BrFN7O4S. The lowest BCUT2D eigenvalue weighted by molar-refractivity contribution is -0.0195. The zero-order valence-corrected chi connectivity index (χ0v) is 24.4. The Labute approximate surface area is 240 Å². The molecule has 0 saturated carbocycles. The van der Waals surface area contributed by atoms with Crippen molar-refractivity contribution in [1.29, 1.82) is 5.26 Å². The fourth-order valence-electron chi connectivity index (χ4n) is 3.74. The molecule has 0 unspecified atom stereocenters. The maximum Gasteiger partial charge on any atom is 0.239 e. The quantitative estimate of drug-likeness (QED) is 0.131. The zero-order valence-electron chi connectivity index (χ0n) is 22.0. The molecule has 0 aliphatic carbocycles. The molecule has 4 aromatic rings. The van der Waals surface area contributed by atoms with Gasteiger partial charge in [0.1, 0.15) is 24.3 Å². The number of aliphatic hydroxyl groups excluding tert-OH is 1. The second kappa shape index (κ2) is 12.7. The second-order valence-electron chi connectivity index (χ2n) is 9.62. The van der Waals surface area contributed by atoms with Crippen molar-refractivity contribution in [3.8, 4) is 17.5 Å². The number of nitriles is 1. The van der Waals surface area contributed by atoms with E-state index in [4.69, 9.17) is 9.47 Å². The number of nitroso groups, excluding NO2 is 1. The Morgan fingerprint density at radius 3 is 2.77 bits per heavy atom. The average Bonchev–Trinajstić information content (AvgIpc) is 3.52. The van der Waals surface area contributed by atoms with E-state index in [0.717, 1.165) is 11.8 Å². The Balaban J connectivity index is 1.58. The van der Waals surface area contributed by atoms with Crippen LogP contribution < -0.4 is 4.74 Å². The van der Waals surface area contributed by atoms with Gasteiger partial charge in [-0.1, -0.05) is 0 Å². The van der Waals surface area contributed by atoms with Crippen LogP contribution in [0.3, 0.4) is 0 Å². The van der Waals surface area contributed by atoms with Crippen LogP contribution in [0.15, 0.2) is 58.4 Å². The van der Waals surface area contributed by atoms with Crippen molar-refractivity contribution >= 4 is 31.8 Å². The van der Waals surface area contributed by atoms with E-state index < -0.39 is 22.1 Å². The number of aliphatic hydroxyl groups is 1. The van der Waals surface area contributed by atoms with Crippen LogP contribution >= 0.6 is 26.0 Å². The fraction of sp³-hybridized carbons (Fsp3) is 0.308. The second-order valence-corrected chi connectivity index (χ2v) is 15.1. The summed E-state index contributed by atoms with van der Waals surface area (Å²) in [7, 11) is -0.694. The topological polar surface area (TPSA) is 140 Å². The molecule has 0 fully saturated rings. The number of hydrogen-bond donors (Lipinski definition) is 1. The Morgan fingerprint density at radius 1 is 1.25 bits per heavy atom. The number of rotatable bonds is 12. The molecular weight excluding hydrogens is 605 g/mol. The number of pyridine rings is 1. The third kappa shape index (κ3) is 7.30. The minimum Gasteiger partial charge on any atom is -0.457 e. The molecule has 3 heterocycles. The summed E-state index contributed by atoms with van der Waals surface area (Å²) in [5, 5.41) is 32.2. The Morgan fingerprint density at radius 2 is 2.05 bits per heavy atom. The summed E-state index contributed by atoms with van der Waals surface area (Å²) in [6.45, 7) is 0.731. The number of benzene rings is 1. The lowest BCUT2D eigenvalue weighted by atomic mass is 10.1. The van der Waals surface area contributed by atoms with Crippen LogP contribution in [0.1, 0.15) is 28.9 Å². The van der Waals surface area contributed by atoms with Gasteiger partial charge in [0, 0.05) is 40.7 Å². The van der Waals surface area contributed by atoms with Gasteiger partial charge in [0.25, 0.3) is 0 Å². The molecule has 1 N–H and O–H groups in total. The van der Waals surface area contributed by atoms with Gasteiger partial charge in [-0.2, -0.15) is 15.5 Å². The first-order valence-corrected chi connectivity index (χ1v) is 15.8. The van der Waals surface area contributed by atoms with E-state index in [-0.39, 0.29) is 30.3 Å². The van der Waals surface area contributed by atoms with Crippen LogP contribution in [0.5, 0.6) is 5.75 Å². The molecule has 0 amide bonds. The standard InChI is InChI=1S/C26H27BrFN7O4S/c1-40(2,3)9-8-38-16-34-21(14-29)13-19(32-34)12-20-6-7-31-35(20)23-5-4-18(28)11-22(23)26(36)39-24-10-17(27)15-30-25(24)33-37/h4-7,10-11,13,15,26,36H,8-9,12,16H2,1-3H3/t26-/m0/s1. The highest BCUT2D eigenvalue weighted by Gasteiger charge is 2.21. The van der Waals surface area contributed by atoms with Crippen LogP contribution in [0.4, 0.5) is 10.2 Å². The van der Waals surface area contributed by atoms with Crippen molar-refractivity contribution < 1.29 is 19.0 Å². The minimum atomic E-state index is -1.68. The molecule has 0 aliphatic rings. The van der Waals surface area contributed by atoms with Crippen LogP contribution in [0.25, 0.3) is 5.69 Å². The monoisotopic (exact) mass is 631 g/mol. The van der Waals surface area contributed by atoms with Crippen molar-refractivity contribution in [3.05, 3.63) is 86.6 Å². The fourth-order valence-corrected chi connectivity index (χ4v) is 4.67. The summed E-state index contributed by atoms with van der Waals surface area (Å²) in [6.07, 6.45) is 8.15. The van der Waals surface area contributed by atoms with Crippen LogP contribution in [0.2, 0.25) is 0 Å². The summed E-state index contributed by atoms with van der Waals surface area (Å²) < 4.78 is 29.1. The largest absolute Gasteiger partial charge is 0.457 e. The van der Waals surface area contributed by atoms with E-state index in [1.165, 1.54) is 33.8 Å². The summed E-state index contributed by atoms with van der Waals surface area (Å²) >= 11 is 3.23. The van der Waals surface area contributed by atoms with Crippen LogP contribution in [-0.4, -0.2) is 60.8 Å². The maximum absolute atomic E-state index is 14.3. The van der Waals surface area contributed by atoms with Crippen molar-refractivity contribution in [2.75, 3.05) is 31.1 Å². The third-order valence-electron chi connectivity index (χ3n) is 5.69. The summed E-state index contributed by atoms with van der Waals surface area (Å²) in [5.41, 5.74) is 2.01. The normalized spacial score (nSPS) is 12.6. The lowest BCUT2D eigenvalue weighted by Gasteiger charge is -2.24. The first kappa shape index (κ1) is 29.3. The van der Waals surface area contributed by atoms with Crippen molar-refractivity contribution in [2.24, 2.45) is 5.18 Å². The molecule has 11 nitrogen and oxygen atoms in total. The van der Waals surface area contributed by atoms with Gasteiger partial charge in [0.15, 0.2) is 5.75 Å². The Kier molecular flexibility index (Phi) is 9.31. The molecule has 1 atom stereocenters. The maximum atomic E-state index is 14.3. The molecule has 0 spiro atoms. The molecule has 0 saturated heterocycles. The zero-order chi connectivity index (χ0) is 28.9. The average molecular weight is 633 g/mol. The summed E-state index contributed by atoms with van der Waals surface area (Å²) in [4.78, 5) is 15.0. The Hall–Kier alpha value is -3.64. The lowest BCUT2D eigenvalue weighted by Crippen LogP contribution is -2.14. The highest BCUT2D eigenvalue weighted by molar-refractivity contribution is 9.10. The first-order valence-electron chi connectivity index (χ1n) is 11.9. The number of halogens is 2. The van der Waals surface area contributed by atoms with E-state index >= 15 is 0 Å². The molecule has 210 valence electrons. The van der Waals surface area contributed by atoms with Gasteiger partial charge < -0.3 is 14.6 Å². The van der Waals surface area contributed by atoms with E-state index in [9.17, 15) is 19.7 Å². The van der Waals surface area contributed by atoms with Crippen molar-refractivity contribution in [1.82, 2.24) is 24.5 Å². The molecule has 40 heavy (non-hydrogen) atoms. The molecule has 3 aromatic heterocycles. The van der Waals surface area contributed by atoms with E-state index in [1.54, 1.807) is 18.3 Å². The first-order chi connectivity index (χ1) is 19.1. The molecule has 1 aromatic carbocycles. The predicted molar refractivity (Wildman–Crippen MR) is 152 cm³/mol. The SMILES string of the molecule is CS(C)(C)CCOCn1nc(Cc2ccnn2-c2ccc(F)cc2[C@@H](O)Oc2cc(Br)cnc2N=O)cc1C#N. The van der Waals surface area contributed by atoms with Gasteiger partial charge >= 0.3 is 0 Å². The van der Waals surface area contributed by atoms with Crippen molar-refractivity contribution in [2.45, 2.75) is 19.4 Å². The number of ether oxygens (including phenoxy) is 2. The van der Waals surface area contributed by atoms with E-state index in [1.807, 2.05) is 0 Å². The highest BCUT2D eigenvalue weighted by Crippen LogP contribution is 2.34. The smallest absolute Gasteiger partial charge is 0.239 e. The van der Waals surface area contributed by atoms with Gasteiger partial charge in [0.2, 0.25) is 12.1 Å². The van der Waals surface area contributed by atoms with Gasteiger partial charge in [-0.05, 0) is 70.2 Å². The molecule has 0 radical (unpaired) electrons. The molecule has 0 bridgehead atoms. The van der Waals surface area contributed by atoms with Gasteiger partial charge in [0.05, 0.1) is 23.7 Å². The van der Waals surface area contributed by atoms with Crippen LogP contribution in [0, 0.1) is 22.1 Å². The van der Waals surface area contributed by atoms with Crippen LogP contribution in [-0.2, 0) is 17.9 Å². The van der Waals surface area contributed by atoms with Gasteiger partial charge in [-0.15, -0.1) is 4.91 Å².